The van der Waals surface area contributed by atoms with Crippen LogP contribution in [0.25, 0.3) is 0 Å². The van der Waals surface area contributed by atoms with E-state index >= 15 is 0 Å². The van der Waals surface area contributed by atoms with Gasteiger partial charge in [0.05, 0.1) is 6.61 Å². The summed E-state index contributed by atoms with van der Waals surface area (Å²) in [5.74, 6) is 6.10. The normalized spacial score (nSPS) is 13.9. The number of amides is 2. The Morgan fingerprint density at radius 1 is 1.47 bits per heavy atom. The summed E-state index contributed by atoms with van der Waals surface area (Å²) in [4.78, 5) is 15.9. The van der Waals surface area contributed by atoms with E-state index in [2.05, 4.69) is 27.5 Å². The minimum absolute atomic E-state index is 0.0364. The number of aliphatic hydroxyl groups is 1. The summed E-state index contributed by atoms with van der Waals surface area (Å²) in [7, 11) is 0. The molecule has 1 fully saturated rings. The number of urea groups is 1. The van der Waals surface area contributed by atoms with E-state index in [1.807, 2.05) is 0 Å². The summed E-state index contributed by atoms with van der Waals surface area (Å²) in [6, 6.07) is 5.34. The van der Waals surface area contributed by atoms with Gasteiger partial charge in [0, 0.05) is 12.5 Å². The van der Waals surface area contributed by atoms with E-state index in [9.17, 15) is 4.79 Å². The largest absolute Gasteiger partial charge is 0.395 e. The molecule has 19 heavy (non-hydrogen) atoms. The number of carbonyl (C=O) groups is 1. The summed E-state index contributed by atoms with van der Waals surface area (Å²) in [6.07, 6.45) is 3.70. The third-order valence-electron chi connectivity index (χ3n) is 2.88. The number of hydrogen-bond acceptors (Lipinski definition) is 3. The van der Waals surface area contributed by atoms with Gasteiger partial charge in [-0.25, -0.2) is 9.78 Å². The van der Waals surface area contributed by atoms with Crippen molar-refractivity contribution in [3.05, 3.63) is 23.9 Å². The van der Waals surface area contributed by atoms with Gasteiger partial charge in [0.15, 0.2) is 0 Å². The number of aromatic nitrogens is 1. The minimum atomic E-state index is -0.224. The molecule has 0 unspecified atom stereocenters. The van der Waals surface area contributed by atoms with E-state index in [0.29, 0.717) is 24.0 Å². The molecule has 100 valence electrons. The fraction of sp³-hybridized carbons (Fsp3) is 0.429. The number of carbonyl (C=O) groups excluding carboxylic acids is 1. The van der Waals surface area contributed by atoms with Gasteiger partial charge in [0.1, 0.15) is 11.5 Å². The molecule has 5 heteroatoms. The summed E-state index contributed by atoms with van der Waals surface area (Å²) in [5, 5.41) is 14.2. The van der Waals surface area contributed by atoms with Gasteiger partial charge in [-0.15, -0.1) is 0 Å². The maximum Gasteiger partial charge on any atom is 0.320 e. The average molecular weight is 259 g/mol. The number of aliphatic hydroxyl groups excluding tert-OH is 1. The Hall–Kier alpha value is -2.06. The minimum Gasteiger partial charge on any atom is -0.395 e. The van der Waals surface area contributed by atoms with Crippen molar-refractivity contribution >= 4 is 11.8 Å². The Labute approximate surface area is 112 Å². The number of pyridine rings is 1. The molecule has 1 aromatic rings. The molecule has 0 saturated heterocycles. The van der Waals surface area contributed by atoms with Crippen molar-refractivity contribution in [2.45, 2.75) is 31.7 Å². The van der Waals surface area contributed by atoms with Crippen LogP contribution < -0.4 is 10.6 Å². The predicted octanol–water partition coefficient (Wildman–Crippen LogP) is 1.49. The fourth-order valence-electron chi connectivity index (χ4n) is 1.67. The fourth-order valence-corrected chi connectivity index (χ4v) is 1.67. The zero-order valence-electron chi connectivity index (χ0n) is 10.6. The molecule has 3 N–H and O–H groups in total. The second kappa shape index (κ2) is 6.76. The van der Waals surface area contributed by atoms with Gasteiger partial charge < -0.3 is 10.4 Å². The van der Waals surface area contributed by atoms with E-state index in [0.717, 1.165) is 12.8 Å². The first-order chi connectivity index (χ1) is 9.28. The molecule has 0 spiro atoms. The molecule has 1 aliphatic carbocycles. The van der Waals surface area contributed by atoms with Crippen LogP contribution in [-0.4, -0.2) is 28.8 Å². The van der Waals surface area contributed by atoms with Crippen LogP contribution in [0.1, 0.15) is 31.4 Å². The Morgan fingerprint density at radius 2 is 2.32 bits per heavy atom. The molecule has 0 atom stereocenters. The van der Waals surface area contributed by atoms with E-state index in [-0.39, 0.29) is 12.6 Å². The Kier molecular flexibility index (Phi) is 4.76. The highest BCUT2D eigenvalue weighted by atomic mass is 16.2. The van der Waals surface area contributed by atoms with Gasteiger partial charge in [-0.05, 0) is 37.3 Å². The molecule has 5 nitrogen and oxygen atoms in total. The number of anilines is 1. The summed E-state index contributed by atoms with van der Waals surface area (Å²) < 4.78 is 0. The van der Waals surface area contributed by atoms with Crippen LogP contribution in [0.5, 0.6) is 0 Å². The highest BCUT2D eigenvalue weighted by molar-refractivity contribution is 5.88. The topological polar surface area (TPSA) is 74.2 Å². The van der Waals surface area contributed by atoms with E-state index in [1.54, 1.807) is 18.2 Å². The molecule has 1 heterocycles. The Balaban J connectivity index is 1.91. The number of nitrogens with one attached hydrogen (secondary N) is 2. The van der Waals surface area contributed by atoms with Crippen LogP contribution >= 0.6 is 0 Å². The molecule has 0 bridgehead atoms. The smallest absolute Gasteiger partial charge is 0.320 e. The van der Waals surface area contributed by atoms with Crippen LogP contribution in [0.2, 0.25) is 0 Å². The molecule has 1 aliphatic rings. The molecule has 0 radical (unpaired) electrons. The number of rotatable bonds is 3. The lowest BCUT2D eigenvalue weighted by molar-refractivity contribution is 0.240. The van der Waals surface area contributed by atoms with Gasteiger partial charge in [0.25, 0.3) is 0 Å². The van der Waals surface area contributed by atoms with Gasteiger partial charge in [-0.1, -0.05) is 12.0 Å². The van der Waals surface area contributed by atoms with Crippen molar-refractivity contribution in [1.82, 2.24) is 10.3 Å². The van der Waals surface area contributed by atoms with Gasteiger partial charge in [-0.2, -0.15) is 0 Å². The molecule has 2 amide bonds. The first kappa shape index (κ1) is 13.4. The van der Waals surface area contributed by atoms with Crippen molar-refractivity contribution in [2.75, 3.05) is 11.9 Å². The van der Waals surface area contributed by atoms with Crippen molar-refractivity contribution in [3.8, 4) is 11.8 Å². The highest BCUT2D eigenvalue weighted by Gasteiger charge is 2.19. The second-order valence-corrected chi connectivity index (χ2v) is 4.41. The zero-order valence-corrected chi connectivity index (χ0v) is 10.6. The Morgan fingerprint density at radius 3 is 3.00 bits per heavy atom. The van der Waals surface area contributed by atoms with Gasteiger partial charge >= 0.3 is 6.03 Å². The summed E-state index contributed by atoms with van der Waals surface area (Å²) in [6.45, 7) is 0.0364. The highest BCUT2D eigenvalue weighted by Crippen LogP contribution is 2.18. The van der Waals surface area contributed by atoms with E-state index < -0.39 is 0 Å². The van der Waals surface area contributed by atoms with Gasteiger partial charge in [-0.3, -0.25) is 5.32 Å². The molecule has 0 aliphatic heterocycles. The molecule has 1 aromatic heterocycles. The zero-order chi connectivity index (χ0) is 13.5. The second-order valence-electron chi connectivity index (χ2n) is 4.41. The SMILES string of the molecule is O=C(Nc1cccc(C#CCCO)n1)NC1CCC1. The molecule has 2 rings (SSSR count). The molecular formula is C14H17N3O2. The van der Waals surface area contributed by atoms with Crippen LogP contribution in [0.4, 0.5) is 10.6 Å². The number of nitrogens with zero attached hydrogens (tertiary/aromatic N) is 1. The van der Waals surface area contributed by atoms with Gasteiger partial charge in [0.2, 0.25) is 0 Å². The standard InChI is InChI=1S/C14H17N3O2/c18-10-2-1-5-11-8-4-9-13(15-11)17-14(19)16-12-6-3-7-12/h4,8-9,12,18H,2-3,6-7,10H2,(H2,15,16,17,19). The van der Waals surface area contributed by atoms with Crippen molar-refractivity contribution < 1.29 is 9.90 Å². The molecular weight excluding hydrogens is 242 g/mol. The molecule has 0 aromatic carbocycles. The van der Waals surface area contributed by atoms with Crippen LogP contribution in [0.15, 0.2) is 18.2 Å². The van der Waals surface area contributed by atoms with Crippen LogP contribution in [0, 0.1) is 11.8 Å². The first-order valence-electron chi connectivity index (χ1n) is 6.42. The monoisotopic (exact) mass is 259 g/mol. The summed E-state index contributed by atoms with van der Waals surface area (Å²) in [5.41, 5.74) is 0.579. The third-order valence-corrected chi connectivity index (χ3v) is 2.88. The van der Waals surface area contributed by atoms with Crippen molar-refractivity contribution in [2.24, 2.45) is 0 Å². The lowest BCUT2D eigenvalue weighted by Gasteiger charge is -2.26. The van der Waals surface area contributed by atoms with E-state index in [1.165, 1.54) is 6.42 Å². The Bertz CT molecular complexity index is 501. The van der Waals surface area contributed by atoms with E-state index in [4.69, 9.17) is 5.11 Å². The van der Waals surface area contributed by atoms with Crippen LogP contribution in [-0.2, 0) is 0 Å². The average Bonchev–Trinajstić information content (AvgIpc) is 2.35. The predicted molar refractivity (Wildman–Crippen MR) is 72.6 cm³/mol. The number of hydrogen-bond donors (Lipinski definition) is 3. The first-order valence-corrected chi connectivity index (χ1v) is 6.42. The third kappa shape index (κ3) is 4.27. The summed E-state index contributed by atoms with van der Waals surface area (Å²) >= 11 is 0. The quantitative estimate of drug-likeness (QED) is 0.720. The molecule has 1 saturated carbocycles. The lowest BCUT2D eigenvalue weighted by Crippen LogP contribution is -2.42. The van der Waals surface area contributed by atoms with Crippen LogP contribution in [0.3, 0.4) is 0 Å². The van der Waals surface area contributed by atoms with Crippen molar-refractivity contribution in [3.63, 3.8) is 0 Å². The maximum atomic E-state index is 11.7. The van der Waals surface area contributed by atoms with Crippen molar-refractivity contribution in [1.29, 1.82) is 0 Å². The lowest BCUT2D eigenvalue weighted by atomic mass is 9.93. The maximum absolute atomic E-state index is 11.7.